The van der Waals surface area contributed by atoms with E-state index in [1.54, 1.807) is 0 Å². The van der Waals surface area contributed by atoms with Crippen LogP contribution in [-0.2, 0) is 9.53 Å². The van der Waals surface area contributed by atoms with E-state index in [9.17, 15) is 4.79 Å². The van der Waals surface area contributed by atoms with Gasteiger partial charge in [-0.05, 0) is 32.4 Å². The van der Waals surface area contributed by atoms with E-state index in [1.807, 2.05) is 24.3 Å². The molecular formula is C17H25ClN2O2S. The first-order valence-corrected chi connectivity index (χ1v) is 9.43. The third-order valence-electron chi connectivity index (χ3n) is 3.66. The van der Waals surface area contributed by atoms with Gasteiger partial charge in [0, 0.05) is 31.1 Å². The average Bonchev–Trinajstić information content (AvgIpc) is 2.50. The summed E-state index contributed by atoms with van der Waals surface area (Å²) >= 11 is 7.55. The monoisotopic (exact) mass is 356 g/mol. The number of benzene rings is 1. The molecular weight excluding hydrogens is 332 g/mol. The van der Waals surface area contributed by atoms with Gasteiger partial charge in [0.15, 0.2) is 0 Å². The van der Waals surface area contributed by atoms with Gasteiger partial charge in [-0.3, -0.25) is 9.69 Å². The molecule has 0 radical (unpaired) electrons. The maximum Gasteiger partial charge on any atom is 0.230 e. The standard InChI is InChI=1S/C17H25ClN2O2S/c1-13-10-20(11-14(2)22-13)9-5-8-19-17(21)12-23-16-7-4-3-6-15(16)18/h3-4,6-7,13-14H,5,8-12H2,1-2H3,(H,19,21). The second-order valence-electron chi connectivity index (χ2n) is 5.94. The fourth-order valence-corrected chi connectivity index (χ4v) is 3.82. The first-order valence-electron chi connectivity index (χ1n) is 8.06. The van der Waals surface area contributed by atoms with Crippen molar-refractivity contribution in [3.8, 4) is 0 Å². The van der Waals surface area contributed by atoms with Crippen molar-refractivity contribution < 1.29 is 9.53 Å². The molecule has 1 heterocycles. The lowest BCUT2D eigenvalue weighted by molar-refractivity contribution is -0.118. The van der Waals surface area contributed by atoms with Crippen molar-refractivity contribution in [1.29, 1.82) is 0 Å². The highest BCUT2D eigenvalue weighted by Crippen LogP contribution is 2.26. The first kappa shape index (κ1) is 18.6. The molecule has 1 aromatic rings. The SMILES string of the molecule is CC1CN(CCCNC(=O)CSc2ccccc2Cl)CC(C)O1. The van der Waals surface area contributed by atoms with Crippen molar-refractivity contribution in [3.63, 3.8) is 0 Å². The molecule has 0 aromatic heterocycles. The Hall–Kier alpha value is -0.750. The Morgan fingerprint density at radius 2 is 2.04 bits per heavy atom. The lowest BCUT2D eigenvalue weighted by atomic mass is 10.2. The van der Waals surface area contributed by atoms with Crippen LogP contribution < -0.4 is 5.32 Å². The van der Waals surface area contributed by atoms with Crippen LogP contribution in [0.15, 0.2) is 29.2 Å². The van der Waals surface area contributed by atoms with Crippen molar-refractivity contribution in [3.05, 3.63) is 29.3 Å². The molecule has 4 nitrogen and oxygen atoms in total. The van der Waals surface area contributed by atoms with Crippen LogP contribution in [0.3, 0.4) is 0 Å². The van der Waals surface area contributed by atoms with Gasteiger partial charge in [-0.25, -0.2) is 0 Å². The van der Waals surface area contributed by atoms with E-state index in [1.165, 1.54) is 11.8 Å². The number of morpholine rings is 1. The van der Waals surface area contributed by atoms with Gasteiger partial charge in [-0.15, -0.1) is 11.8 Å². The molecule has 1 aliphatic heterocycles. The molecule has 2 rings (SSSR count). The van der Waals surface area contributed by atoms with E-state index in [2.05, 4.69) is 24.1 Å². The summed E-state index contributed by atoms with van der Waals surface area (Å²) in [5.41, 5.74) is 0. The van der Waals surface area contributed by atoms with Gasteiger partial charge in [0.25, 0.3) is 0 Å². The minimum absolute atomic E-state index is 0.0543. The lowest BCUT2D eigenvalue weighted by Crippen LogP contribution is -2.46. The highest BCUT2D eigenvalue weighted by Gasteiger charge is 2.21. The molecule has 1 aliphatic rings. The Kier molecular flexibility index (Phi) is 7.70. The van der Waals surface area contributed by atoms with Crippen LogP contribution in [0.25, 0.3) is 0 Å². The number of rotatable bonds is 7. The molecule has 6 heteroatoms. The Balaban J connectivity index is 1.59. The summed E-state index contributed by atoms with van der Waals surface area (Å²) in [7, 11) is 0. The van der Waals surface area contributed by atoms with E-state index in [4.69, 9.17) is 16.3 Å². The second kappa shape index (κ2) is 9.52. The van der Waals surface area contributed by atoms with E-state index in [0.29, 0.717) is 29.5 Å². The van der Waals surface area contributed by atoms with E-state index >= 15 is 0 Å². The zero-order valence-electron chi connectivity index (χ0n) is 13.8. The molecule has 0 aliphatic carbocycles. The van der Waals surface area contributed by atoms with Crippen LogP contribution in [0.2, 0.25) is 5.02 Å². The molecule has 1 amide bonds. The summed E-state index contributed by atoms with van der Waals surface area (Å²) in [4.78, 5) is 15.2. The Labute approximate surface area is 147 Å². The normalized spacial score (nSPS) is 22.0. The third-order valence-corrected chi connectivity index (χ3v) is 5.18. The number of carbonyl (C=O) groups is 1. The molecule has 0 spiro atoms. The number of carbonyl (C=O) groups excluding carboxylic acids is 1. The molecule has 0 bridgehead atoms. The molecule has 128 valence electrons. The minimum Gasteiger partial charge on any atom is -0.373 e. The average molecular weight is 357 g/mol. The Bertz CT molecular complexity index is 505. The predicted molar refractivity (Wildman–Crippen MR) is 96.3 cm³/mol. The van der Waals surface area contributed by atoms with Crippen molar-refractivity contribution in [2.24, 2.45) is 0 Å². The van der Waals surface area contributed by atoms with Crippen LogP contribution in [0.5, 0.6) is 0 Å². The molecule has 23 heavy (non-hydrogen) atoms. The van der Waals surface area contributed by atoms with Crippen molar-refractivity contribution >= 4 is 29.3 Å². The molecule has 2 unspecified atom stereocenters. The van der Waals surface area contributed by atoms with Crippen molar-refractivity contribution in [2.75, 3.05) is 31.9 Å². The number of nitrogens with one attached hydrogen (secondary N) is 1. The quantitative estimate of drug-likeness (QED) is 0.602. The molecule has 1 N–H and O–H groups in total. The highest BCUT2D eigenvalue weighted by molar-refractivity contribution is 8.00. The number of hydrogen-bond donors (Lipinski definition) is 1. The van der Waals surface area contributed by atoms with Crippen LogP contribution in [0, 0.1) is 0 Å². The number of amides is 1. The van der Waals surface area contributed by atoms with Gasteiger partial charge < -0.3 is 10.1 Å². The summed E-state index contributed by atoms with van der Waals surface area (Å²) in [6, 6.07) is 7.59. The number of thioether (sulfide) groups is 1. The van der Waals surface area contributed by atoms with Gasteiger partial charge in [0.2, 0.25) is 5.91 Å². The third kappa shape index (κ3) is 6.71. The van der Waals surface area contributed by atoms with Gasteiger partial charge in [0.1, 0.15) is 0 Å². The topological polar surface area (TPSA) is 41.6 Å². The van der Waals surface area contributed by atoms with E-state index in [-0.39, 0.29) is 5.91 Å². The van der Waals surface area contributed by atoms with Crippen molar-refractivity contribution in [2.45, 2.75) is 37.4 Å². The Morgan fingerprint density at radius 3 is 2.74 bits per heavy atom. The largest absolute Gasteiger partial charge is 0.373 e. The van der Waals surface area contributed by atoms with Gasteiger partial charge in [-0.2, -0.15) is 0 Å². The first-order chi connectivity index (χ1) is 11.0. The maximum absolute atomic E-state index is 11.9. The Morgan fingerprint density at radius 1 is 1.35 bits per heavy atom. The fraction of sp³-hybridized carbons (Fsp3) is 0.588. The van der Waals surface area contributed by atoms with E-state index in [0.717, 1.165) is 31.0 Å². The van der Waals surface area contributed by atoms with Gasteiger partial charge in [-0.1, -0.05) is 23.7 Å². The maximum atomic E-state index is 11.9. The lowest BCUT2D eigenvalue weighted by Gasteiger charge is -2.35. The molecule has 1 fully saturated rings. The molecule has 2 atom stereocenters. The van der Waals surface area contributed by atoms with Crippen LogP contribution >= 0.6 is 23.4 Å². The number of ether oxygens (including phenoxy) is 1. The zero-order valence-corrected chi connectivity index (χ0v) is 15.3. The fourth-order valence-electron chi connectivity index (χ4n) is 2.75. The van der Waals surface area contributed by atoms with E-state index < -0.39 is 0 Å². The van der Waals surface area contributed by atoms with Gasteiger partial charge >= 0.3 is 0 Å². The van der Waals surface area contributed by atoms with Crippen molar-refractivity contribution in [1.82, 2.24) is 10.2 Å². The zero-order chi connectivity index (χ0) is 16.7. The number of halogens is 1. The highest BCUT2D eigenvalue weighted by atomic mass is 35.5. The van der Waals surface area contributed by atoms with Crippen LogP contribution in [0.1, 0.15) is 20.3 Å². The summed E-state index contributed by atoms with van der Waals surface area (Å²) in [6.45, 7) is 7.87. The smallest absolute Gasteiger partial charge is 0.230 e. The summed E-state index contributed by atoms with van der Waals surface area (Å²) in [6.07, 6.45) is 1.54. The summed E-state index contributed by atoms with van der Waals surface area (Å²) in [5, 5.41) is 3.67. The van der Waals surface area contributed by atoms with Gasteiger partial charge in [0.05, 0.1) is 23.0 Å². The molecule has 1 aromatic carbocycles. The van der Waals surface area contributed by atoms with Crippen LogP contribution in [-0.4, -0.2) is 54.9 Å². The summed E-state index contributed by atoms with van der Waals surface area (Å²) < 4.78 is 5.72. The number of hydrogen-bond acceptors (Lipinski definition) is 4. The predicted octanol–water partition coefficient (Wildman–Crippen LogP) is 3.05. The molecule has 0 saturated carbocycles. The number of nitrogens with zero attached hydrogens (tertiary/aromatic N) is 1. The minimum atomic E-state index is 0.0543. The second-order valence-corrected chi connectivity index (χ2v) is 7.36. The summed E-state index contributed by atoms with van der Waals surface area (Å²) in [5.74, 6) is 0.452. The van der Waals surface area contributed by atoms with Crippen LogP contribution in [0.4, 0.5) is 0 Å². The molecule has 1 saturated heterocycles.